The molecule has 98 valence electrons. The van der Waals surface area contributed by atoms with Crippen molar-refractivity contribution in [1.29, 1.82) is 0 Å². The number of amides is 1. The van der Waals surface area contributed by atoms with E-state index >= 15 is 0 Å². The van der Waals surface area contributed by atoms with Crippen molar-refractivity contribution in [2.45, 2.75) is 12.8 Å². The monoisotopic (exact) mass is 293 g/mol. The summed E-state index contributed by atoms with van der Waals surface area (Å²) in [6.45, 7) is 2.02. The first-order chi connectivity index (χ1) is 9.17. The second-order valence-corrected chi connectivity index (χ2v) is 5.20. The molecule has 1 heterocycles. The molecule has 0 unspecified atom stereocenters. The fourth-order valence-corrected chi connectivity index (χ4v) is 2.16. The van der Waals surface area contributed by atoms with Gasteiger partial charge in [-0.2, -0.15) is 0 Å². The molecule has 19 heavy (non-hydrogen) atoms. The molecule has 1 aromatic heterocycles. The molecule has 0 saturated carbocycles. The van der Waals surface area contributed by atoms with Crippen LogP contribution in [0.2, 0.25) is 0 Å². The molecule has 0 bridgehead atoms. The highest BCUT2D eigenvalue weighted by molar-refractivity contribution is 7.15. The van der Waals surface area contributed by atoms with Gasteiger partial charge in [0.1, 0.15) is 5.01 Å². The molecule has 0 atom stereocenters. The van der Waals surface area contributed by atoms with E-state index in [1.54, 1.807) is 6.08 Å². The van der Waals surface area contributed by atoms with E-state index in [0.717, 1.165) is 5.56 Å². The van der Waals surface area contributed by atoms with E-state index in [0.29, 0.717) is 16.0 Å². The largest absolute Gasteiger partial charge is 0.297 e. The summed E-state index contributed by atoms with van der Waals surface area (Å²) in [5, 5.41) is 11.4. The zero-order valence-corrected chi connectivity index (χ0v) is 11.8. The van der Waals surface area contributed by atoms with E-state index in [2.05, 4.69) is 15.5 Å². The number of nitrogens with zero attached hydrogens (tertiary/aromatic N) is 2. The van der Waals surface area contributed by atoms with Crippen LogP contribution in [-0.4, -0.2) is 16.1 Å². The van der Waals surface area contributed by atoms with Gasteiger partial charge in [0.2, 0.25) is 11.0 Å². The van der Waals surface area contributed by atoms with Crippen molar-refractivity contribution in [1.82, 2.24) is 10.2 Å². The number of nitrogens with one attached hydrogen (secondary N) is 1. The minimum Gasteiger partial charge on any atom is -0.297 e. The summed E-state index contributed by atoms with van der Waals surface area (Å²) in [4.78, 5) is 11.7. The third-order valence-electron chi connectivity index (χ3n) is 2.32. The van der Waals surface area contributed by atoms with Gasteiger partial charge in [-0.1, -0.05) is 41.2 Å². The van der Waals surface area contributed by atoms with Crippen LogP contribution in [0.1, 0.15) is 16.1 Å². The summed E-state index contributed by atoms with van der Waals surface area (Å²) in [6.07, 6.45) is 3.21. The number of benzene rings is 1. The molecule has 0 radical (unpaired) electrons. The number of hydrogen-bond donors (Lipinski definition) is 1. The van der Waals surface area contributed by atoms with Gasteiger partial charge in [0.05, 0.1) is 5.88 Å². The molecule has 0 saturated heterocycles. The van der Waals surface area contributed by atoms with Gasteiger partial charge in [-0.3, -0.25) is 10.1 Å². The molecule has 0 aliphatic rings. The minimum atomic E-state index is -0.238. The Hall–Kier alpha value is -1.72. The highest BCUT2D eigenvalue weighted by atomic mass is 35.5. The Bertz CT molecular complexity index is 592. The number of aryl methyl sites for hydroxylation is 1. The standard InChI is InChI=1S/C13H12ClN3OS/c1-9-2-4-10(5-3-9)6-7-11(18)15-13-17-16-12(8-14)19-13/h2-7H,8H2,1H3,(H,15,17,18)/b7-6+. The lowest BCUT2D eigenvalue weighted by Gasteiger charge is -1.96. The van der Waals surface area contributed by atoms with Crippen molar-refractivity contribution in [3.63, 3.8) is 0 Å². The maximum absolute atomic E-state index is 11.7. The van der Waals surface area contributed by atoms with Gasteiger partial charge >= 0.3 is 0 Å². The van der Waals surface area contributed by atoms with Gasteiger partial charge in [0.25, 0.3) is 0 Å². The van der Waals surface area contributed by atoms with E-state index in [1.165, 1.54) is 23.0 Å². The van der Waals surface area contributed by atoms with Crippen LogP contribution in [-0.2, 0) is 10.7 Å². The van der Waals surface area contributed by atoms with E-state index in [9.17, 15) is 4.79 Å². The highest BCUT2D eigenvalue weighted by Gasteiger charge is 2.04. The molecule has 2 rings (SSSR count). The van der Waals surface area contributed by atoms with Crippen LogP contribution < -0.4 is 5.32 Å². The topological polar surface area (TPSA) is 54.9 Å². The van der Waals surface area contributed by atoms with E-state index in [1.807, 2.05) is 31.2 Å². The number of anilines is 1. The summed E-state index contributed by atoms with van der Waals surface area (Å²) in [6, 6.07) is 7.90. The van der Waals surface area contributed by atoms with Crippen molar-refractivity contribution >= 4 is 40.1 Å². The molecule has 1 amide bonds. The first kappa shape index (κ1) is 13.7. The molecule has 0 aliphatic heterocycles. The third kappa shape index (κ3) is 4.15. The molecule has 0 spiro atoms. The SMILES string of the molecule is Cc1ccc(/C=C/C(=O)Nc2nnc(CCl)s2)cc1. The highest BCUT2D eigenvalue weighted by Crippen LogP contribution is 2.16. The predicted octanol–water partition coefficient (Wildman–Crippen LogP) is 3.24. The number of halogens is 1. The van der Waals surface area contributed by atoms with Gasteiger partial charge in [-0.15, -0.1) is 21.8 Å². The van der Waals surface area contributed by atoms with Crippen LogP contribution in [0.3, 0.4) is 0 Å². The normalized spacial score (nSPS) is 10.8. The average Bonchev–Trinajstić information content (AvgIpc) is 2.86. The number of carbonyl (C=O) groups excluding carboxylic acids is 1. The second-order valence-electron chi connectivity index (χ2n) is 3.87. The number of hydrogen-bond acceptors (Lipinski definition) is 4. The fourth-order valence-electron chi connectivity index (χ4n) is 1.35. The quantitative estimate of drug-likeness (QED) is 0.695. The van der Waals surface area contributed by atoms with Gasteiger partial charge < -0.3 is 0 Å². The van der Waals surface area contributed by atoms with Crippen LogP contribution in [0.4, 0.5) is 5.13 Å². The Morgan fingerprint density at radius 3 is 2.74 bits per heavy atom. The molecule has 0 fully saturated rings. The number of carbonyl (C=O) groups is 1. The Balaban J connectivity index is 1.95. The summed E-state index contributed by atoms with van der Waals surface area (Å²) < 4.78 is 0. The first-order valence-corrected chi connectivity index (χ1v) is 6.96. The third-order valence-corrected chi connectivity index (χ3v) is 3.57. The molecular weight excluding hydrogens is 282 g/mol. The smallest absolute Gasteiger partial charge is 0.250 e. The lowest BCUT2D eigenvalue weighted by atomic mass is 10.1. The Morgan fingerprint density at radius 2 is 2.11 bits per heavy atom. The molecule has 0 aliphatic carbocycles. The number of alkyl halides is 1. The van der Waals surface area contributed by atoms with E-state index in [4.69, 9.17) is 11.6 Å². The molecule has 1 N–H and O–H groups in total. The van der Waals surface area contributed by atoms with Gasteiger partial charge in [-0.25, -0.2) is 0 Å². The Kier molecular flexibility index (Phi) is 4.65. The van der Waals surface area contributed by atoms with Crippen molar-refractivity contribution in [3.8, 4) is 0 Å². The Labute approximate surface area is 120 Å². The summed E-state index contributed by atoms with van der Waals surface area (Å²) >= 11 is 6.88. The summed E-state index contributed by atoms with van der Waals surface area (Å²) in [5.74, 6) is 0.0603. The maximum atomic E-state index is 11.7. The molecule has 1 aromatic carbocycles. The van der Waals surface area contributed by atoms with Crippen LogP contribution >= 0.6 is 22.9 Å². The minimum absolute atomic E-state index is 0.238. The van der Waals surface area contributed by atoms with Crippen LogP contribution in [0.25, 0.3) is 6.08 Å². The zero-order valence-electron chi connectivity index (χ0n) is 10.3. The second kappa shape index (κ2) is 6.45. The van der Waals surface area contributed by atoms with Crippen molar-refractivity contribution in [2.75, 3.05) is 5.32 Å². The van der Waals surface area contributed by atoms with Crippen molar-refractivity contribution in [3.05, 3.63) is 46.5 Å². The number of aromatic nitrogens is 2. The van der Waals surface area contributed by atoms with E-state index in [-0.39, 0.29) is 5.91 Å². The maximum Gasteiger partial charge on any atom is 0.250 e. The van der Waals surface area contributed by atoms with Gasteiger partial charge in [-0.05, 0) is 18.6 Å². The molecule has 4 nitrogen and oxygen atoms in total. The number of rotatable bonds is 4. The molecule has 6 heteroatoms. The van der Waals surface area contributed by atoms with Gasteiger partial charge in [0, 0.05) is 6.08 Å². The fraction of sp³-hybridized carbons (Fsp3) is 0.154. The lowest BCUT2D eigenvalue weighted by Crippen LogP contribution is -2.07. The Morgan fingerprint density at radius 1 is 1.37 bits per heavy atom. The van der Waals surface area contributed by atoms with E-state index < -0.39 is 0 Å². The van der Waals surface area contributed by atoms with Crippen LogP contribution in [0, 0.1) is 6.92 Å². The first-order valence-electron chi connectivity index (χ1n) is 5.61. The molecular formula is C13H12ClN3OS. The predicted molar refractivity (Wildman–Crippen MR) is 78.3 cm³/mol. The molecule has 2 aromatic rings. The van der Waals surface area contributed by atoms with Crippen molar-refractivity contribution in [2.24, 2.45) is 0 Å². The van der Waals surface area contributed by atoms with Crippen molar-refractivity contribution < 1.29 is 4.79 Å². The summed E-state index contributed by atoms with van der Waals surface area (Å²) in [7, 11) is 0. The lowest BCUT2D eigenvalue weighted by molar-refractivity contribution is -0.111. The zero-order chi connectivity index (χ0) is 13.7. The average molecular weight is 294 g/mol. The van der Waals surface area contributed by atoms with Gasteiger partial charge in [0.15, 0.2) is 0 Å². The van der Waals surface area contributed by atoms with Crippen LogP contribution in [0.5, 0.6) is 0 Å². The summed E-state index contributed by atoms with van der Waals surface area (Å²) in [5.41, 5.74) is 2.16. The van der Waals surface area contributed by atoms with Crippen LogP contribution in [0.15, 0.2) is 30.3 Å².